The number of aliphatic imine (C=N–C) groups is 1. The van der Waals surface area contributed by atoms with E-state index in [4.69, 9.17) is 21.9 Å². The first-order chi connectivity index (χ1) is 22.6. The summed E-state index contributed by atoms with van der Waals surface area (Å²) in [4.78, 5) is 57.0. The highest BCUT2D eigenvalue weighted by Crippen LogP contribution is 2.27. The maximum atomic E-state index is 14.3. The summed E-state index contributed by atoms with van der Waals surface area (Å²) in [7, 11) is 0. The van der Waals surface area contributed by atoms with Crippen LogP contribution in [0.5, 0.6) is 0 Å². The Morgan fingerprint density at radius 2 is 1.64 bits per heavy atom. The van der Waals surface area contributed by atoms with Crippen LogP contribution < -0.4 is 27.8 Å². The second-order valence-corrected chi connectivity index (χ2v) is 12.0. The Morgan fingerprint density at radius 1 is 0.915 bits per heavy atom. The number of amides is 4. The summed E-state index contributed by atoms with van der Waals surface area (Å²) in [5.74, 6) is -1.85. The molecule has 47 heavy (non-hydrogen) atoms. The molecule has 4 amide bonds. The summed E-state index contributed by atoms with van der Waals surface area (Å²) < 4.78 is 6.37. The van der Waals surface area contributed by atoms with E-state index in [1.165, 1.54) is 6.92 Å². The Labute approximate surface area is 275 Å². The number of fused-ring (bicyclic) bond motifs is 1. The number of nitrogens with zero attached hydrogens (tertiary/aromatic N) is 2. The highest BCUT2D eigenvalue weighted by Gasteiger charge is 2.39. The molecule has 12 nitrogen and oxygen atoms in total. The van der Waals surface area contributed by atoms with Gasteiger partial charge in [0, 0.05) is 38.9 Å². The van der Waals surface area contributed by atoms with Gasteiger partial charge in [-0.15, -0.1) is 0 Å². The van der Waals surface area contributed by atoms with Gasteiger partial charge in [0.1, 0.15) is 12.1 Å². The Morgan fingerprint density at radius 3 is 2.34 bits per heavy atom. The van der Waals surface area contributed by atoms with Crippen molar-refractivity contribution >= 4 is 40.4 Å². The number of primary amides is 1. The second-order valence-electron chi connectivity index (χ2n) is 12.0. The fraction of sp³-hybridized carbons (Fsp3) is 0.400. The molecule has 4 atom stereocenters. The number of rotatable bonds is 16. The molecule has 0 unspecified atom stereocenters. The smallest absolute Gasteiger partial charge is 0.245 e. The number of nitrogens with one attached hydrogen (secondary N) is 2. The van der Waals surface area contributed by atoms with Crippen LogP contribution in [0.3, 0.4) is 0 Å². The van der Waals surface area contributed by atoms with Crippen molar-refractivity contribution in [2.45, 2.75) is 76.3 Å². The van der Waals surface area contributed by atoms with Crippen LogP contribution in [-0.2, 0) is 36.9 Å². The van der Waals surface area contributed by atoms with Gasteiger partial charge in [0.25, 0.3) is 0 Å². The monoisotopic (exact) mass is 643 g/mol. The van der Waals surface area contributed by atoms with E-state index >= 15 is 0 Å². The summed E-state index contributed by atoms with van der Waals surface area (Å²) in [6.45, 7) is 2.44. The third-order valence-corrected chi connectivity index (χ3v) is 8.22. The first-order valence-electron chi connectivity index (χ1n) is 15.9. The molecule has 1 heterocycles. The van der Waals surface area contributed by atoms with E-state index in [-0.39, 0.29) is 43.3 Å². The normalized spacial score (nSPS) is 17.1. The third kappa shape index (κ3) is 10.8. The largest absolute Gasteiger partial charge is 0.372 e. The molecule has 0 bridgehead atoms. The van der Waals surface area contributed by atoms with E-state index < -0.39 is 29.8 Å². The molecule has 0 aliphatic carbocycles. The zero-order valence-electron chi connectivity index (χ0n) is 26.8. The zero-order chi connectivity index (χ0) is 33.8. The molecule has 0 radical (unpaired) electrons. The highest BCUT2D eigenvalue weighted by molar-refractivity contribution is 5.92. The quantitative estimate of drug-likeness (QED) is 0.0892. The van der Waals surface area contributed by atoms with Crippen LogP contribution in [0.4, 0.5) is 0 Å². The van der Waals surface area contributed by atoms with Gasteiger partial charge in [0.2, 0.25) is 23.6 Å². The third-order valence-electron chi connectivity index (χ3n) is 8.22. The number of nitrogens with two attached hydrogens (primary N) is 3. The van der Waals surface area contributed by atoms with E-state index in [1.54, 1.807) is 4.90 Å². The molecule has 0 saturated carbocycles. The van der Waals surface area contributed by atoms with Crippen molar-refractivity contribution < 1.29 is 23.9 Å². The standard InChI is InChI=1S/C35H45N7O5/c1-23(43)40-30(15-16-32(36)44)33(45)41-31(19-24-8-3-2-4-9-24)34(46)42-21-29(20-28(42)12-7-17-39-35(37)38)47-22-25-13-14-26-10-5-6-11-27(26)18-25/h2-6,8-11,13-14,18,28-31H,7,12,15-17,19-22H2,1H3,(H2,36,44)(H,40,43)(H,41,45)(H4,37,38,39)/t28-,29+,30-,31+/m0/s1. The van der Waals surface area contributed by atoms with Crippen molar-refractivity contribution in [1.29, 1.82) is 0 Å². The van der Waals surface area contributed by atoms with Gasteiger partial charge in [0.15, 0.2) is 5.96 Å². The maximum absolute atomic E-state index is 14.3. The van der Waals surface area contributed by atoms with Crippen LogP contribution in [0.2, 0.25) is 0 Å². The molecule has 1 aliphatic heterocycles. The van der Waals surface area contributed by atoms with Crippen molar-refractivity contribution in [3.05, 3.63) is 83.9 Å². The van der Waals surface area contributed by atoms with Crippen molar-refractivity contribution in [2.24, 2.45) is 22.2 Å². The van der Waals surface area contributed by atoms with Crippen LogP contribution in [-0.4, -0.2) is 71.8 Å². The van der Waals surface area contributed by atoms with E-state index in [9.17, 15) is 19.2 Å². The molecule has 0 spiro atoms. The Kier molecular flexibility index (Phi) is 12.7. The predicted octanol–water partition coefficient (Wildman–Crippen LogP) is 1.88. The summed E-state index contributed by atoms with van der Waals surface area (Å²) in [6.07, 6.45) is 1.81. The van der Waals surface area contributed by atoms with Crippen LogP contribution >= 0.6 is 0 Å². The minimum absolute atomic E-state index is 0.00874. The Balaban J connectivity index is 1.53. The van der Waals surface area contributed by atoms with Gasteiger partial charge in [-0.2, -0.15) is 0 Å². The van der Waals surface area contributed by atoms with Crippen molar-refractivity contribution in [1.82, 2.24) is 15.5 Å². The summed E-state index contributed by atoms with van der Waals surface area (Å²) in [6, 6.07) is 21.6. The number of ether oxygens (including phenoxy) is 1. The lowest BCUT2D eigenvalue weighted by Crippen LogP contribution is -2.55. The first-order valence-corrected chi connectivity index (χ1v) is 15.9. The Hall–Kier alpha value is -4.97. The number of benzene rings is 3. The van der Waals surface area contributed by atoms with Gasteiger partial charge < -0.3 is 37.5 Å². The van der Waals surface area contributed by atoms with E-state index in [1.807, 2.05) is 48.5 Å². The van der Waals surface area contributed by atoms with Gasteiger partial charge >= 0.3 is 0 Å². The second kappa shape index (κ2) is 17.1. The predicted molar refractivity (Wildman–Crippen MR) is 181 cm³/mol. The van der Waals surface area contributed by atoms with Crippen molar-refractivity contribution in [3.63, 3.8) is 0 Å². The zero-order valence-corrected chi connectivity index (χ0v) is 26.8. The molecule has 12 heteroatoms. The molecule has 1 aliphatic rings. The first kappa shape index (κ1) is 34.9. The van der Waals surface area contributed by atoms with E-state index in [2.05, 4.69) is 39.9 Å². The number of hydrogen-bond donors (Lipinski definition) is 5. The number of carbonyl (C=O) groups is 4. The van der Waals surface area contributed by atoms with Gasteiger partial charge in [0.05, 0.1) is 12.7 Å². The average molecular weight is 644 g/mol. The van der Waals surface area contributed by atoms with Crippen LogP contribution in [0.15, 0.2) is 77.8 Å². The summed E-state index contributed by atoms with van der Waals surface area (Å²) in [5.41, 5.74) is 18.2. The number of carbonyl (C=O) groups excluding carboxylic acids is 4. The molecule has 3 aromatic rings. The molecular formula is C35H45N7O5. The van der Waals surface area contributed by atoms with Crippen LogP contribution in [0.25, 0.3) is 10.8 Å². The van der Waals surface area contributed by atoms with Gasteiger partial charge in [-0.1, -0.05) is 66.7 Å². The molecule has 8 N–H and O–H groups in total. The molecule has 1 saturated heterocycles. The SMILES string of the molecule is CC(=O)N[C@@H](CCC(N)=O)C(=O)N[C@H](Cc1ccccc1)C(=O)N1C[C@H](OCc2ccc3ccccc3c2)C[C@@H]1CCCN=C(N)N. The molecule has 1 fully saturated rings. The van der Waals surface area contributed by atoms with E-state index in [0.29, 0.717) is 39.0 Å². The average Bonchev–Trinajstić information content (AvgIpc) is 3.46. The lowest BCUT2D eigenvalue weighted by atomic mass is 10.0. The van der Waals surface area contributed by atoms with E-state index in [0.717, 1.165) is 21.9 Å². The molecule has 3 aromatic carbocycles. The van der Waals surface area contributed by atoms with Crippen LogP contribution in [0.1, 0.15) is 50.2 Å². The maximum Gasteiger partial charge on any atom is 0.245 e. The van der Waals surface area contributed by atoms with Gasteiger partial charge in [-0.3, -0.25) is 24.2 Å². The lowest BCUT2D eigenvalue weighted by molar-refractivity contribution is -0.138. The molecule has 250 valence electrons. The summed E-state index contributed by atoms with van der Waals surface area (Å²) >= 11 is 0. The fourth-order valence-corrected chi connectivity index (χ4v) is 5.94. The molecule has 0 aromatic heterocycles. The minimum Gasteiger partial charge on any atom is -0.372 e. The van der Waals surface area contributed by atoms with Gasteiger partial charge in [-0.25, -0.2) is 0 Å². The Bertz CT molecular complexity index is 1560. The summed E-state index contributed by atoms with van der Waals surface area (Å²) in [5, 5.41) is 7.73. The molecule has 4 rings (SSSR count). The number of likely N-dealkylation sites (tertiary alicyclic amines) is 1. The lowest BCUT2D eigenvalue weighted by Gasteiger charge is -2.30. The number of hydrogen-bond acceptors (Lipinski definition) is 6. The van der Waals surface area contributed by atoms with Crippen LogP contribution in [0, 0.1) is 0 Å². The number of guanidine groups is 1. The minimum atomic E-state index is -1.03. The van der Waals surface area contributed by atoms with Crippen molar-refractivity contribution in [2.75, 3.05) is 13.1 Å². The highest BCUT2D eigenvalue weighted by atomic mass is 16.5. The molecular weight excluding hydrogens is 598 g/mol. The van der Waals surface area contributed by atoms with Crippen molar-refractivity contribution in [3.8, 4) is 0 Å². The fourth-order valence-electron chi connectivity index (χ4n) is 5.94. The van der Waals surface area contributed by atoms with Gasteiger partial charge in [-0.05, 0) is 53.6 Å². The topological polar surface area (TPSA) is 195 Å².